The lowest BCUT2D eigenvalue weighted by molar-refractivity contribution is -0.116. The number of nitrogens with one attached hydrogen (secondary N) is 2. The smallest absolute Gasteiger partial charge is 0.243 e. The molecule has 0 atom stereocenters. The summed E-state index contributed by atoms with van der Waals surface area (Å²) in [5.74, 6) is -0.359. The van der Waals surface area contributed by atoms with Crippen LogP contribution in [0.1, 0.15) is 6.42 Å². The molecule has 0 aliphatic rings. The Bertz CT molecular complexity index is 1070. The third kappa shape index (κ3) is 5.09. The number of sulfonamides is 1. The Kier molecular flexibility index (Phi) is 6.69. The number of amides is 1. The number of aromatic nitrogens is 1. The fraction of sp³-hybridized carbons (Fsp3) is 0.111. The van der Waals surface area contributed by atoms with Gasteiger partial charge in [-0.05, 0) is 12.1 Å². The molecule has 2 aromatic carbocycles. The predicted molar refractivity (Wildman–Crippen MR) is 112 cm³/mol. The Hall–Kier alpha value is -1.97. The van der Waals surface area contributed by atoms with Gasteiger partial charge >= 0.3 is 0 Å². The maximum Gasteiger partial charge on any atom is 0.243 e. The first kappa shape index (κ1) is 20.8. The van der Waals surface area contributed by atoms with Gasteiger partial charge in [-0.25, -0.2) is 18.1 Å². The molecule has 0 saturated carbocycles. The van der Waals surface area contributed by atoms with Crippen LogP contribution in [0.25, 0.3) is 11.3 Å². The van der Waals surface area contributed by atoms with Crippen LogP contribution in [0.4, 0.5) is 5.13 Å². The van der Waals surface area contributed by atoms with Gasteiger partial charge in [0.2, 0.25) is 15.9 Å². The second kappa shape index (κ2) is 9.02. The van der Waals surface area contributed by atoms with E-state index in [9.17, 15) is 13.2 Å². The van der Waals surface area contributed by atoms with Crippen LogP contribution in [0.5, 0.6) is 0 Å². The molecule has 3 rings (SSSR count). The number of nitrogens with zero attached hydrogens (tertiary/aromatic N) is 1. The van der Waals surface area contributed by atoms with Crippen molar-refractivity contribution in [2.45, 2.75) is 11.3 Å². The van der Waals surface area contributed by atoms with Crippen LogP contribution >= 0.6 is 34.5 Å². The Labute approximate surface area is 176 Å². The van der Waals surface area contributed by atoms with Crippen LogP contribution in [0.3, 0.4) is 0 Å². The maximum absolute atomic E-state index is 12.4. The van der Waals surface area contributed by atoms with Crippen LogP contribution in [0.15, 0.2) is 58.8 Å². The van der Waals surface area contributed by atoms with E-state index in [0.717, 1.165) is 11.3 Å². The van der Waals surface area contributed by atoms with Crippen LogP contribution in [-0.2, 0) is 14.8 Å². The number of benzene rings is 2. The lowest BCUT2D eigenvalue weighted by atomic mass is 10.2. The van der Waals surface area contributed by atoms with E-state index in [4.69, 9.17) is 23.2 Å². The summed E-state index contributed by atoms with van der Waals surface area (Å²) in [5, 5.41) is 4.98. The number of thiazole rings is 1. The minimum absolute atomic E-state index is 0.0145. The van der Waals surface area contributed by atoms with E-state index in [2.05, 4.69) is 15.0 Å². The van der Waals surface area contributed by atoms with E-state index >= 15 is 0 Å². The Balaban J connectivity index is 1.56. The molecule has 6 nitrogen and oxygen atoms in total. The summed E-state index contributed by atoms with van der Waals surface area (Å²) in [6.07, 6.45) is -0.0679. The first-order chi connectivity index (χ1) is 13.4. The van der Waals surface area contributed by atoms with E-state index in [1.165, 1.54) is 23.5 Å². The molecule has 0 fully saturated rings. The van der Waals surface area contributed by atoms with Crippen molar-refractivity contribution in [2.24, 2.45) is 0 Å². The summed E-state index contributed by atoms with van der Waals surface area (Å²) in [6.45, 7) is -0.105. The van der Waals surface area contributed by atoms with Gasteiger partial charge in [0.1, 0.15) is 4.90 Å². The highest BCUT2D eigenvalue weighted by molar-refractivity contribution is 7.89. The minimum atomic E-state index is -3.93. The van der Waals surface area contributed by atoms with E-state index < -0.39 is 10.0 Å². The molecule has 1 amide bonds. The molecular formula is C18H15Cl2N3O3S2. The van der Waals surface area contributed by atoms with Crippen molar-refractivity contribution in [3.05, 3.63) is 64.0 Å². The number of halogens is 2. The first-order valence-corrected chi connectivity index (χ1v) is 11.2. The molecule has 28 heavy (non-hydrogen) atoms. The van der Waals surface area contributed by atoms with Gasteiger partial charge < -0.3 is 5.32 Å². The number of hydrogen-bond donors (Lipinski definition) is 2. The molecule has 0 bridgehead atoms. The second-order valence-electron chi connectivity index (χ2n) is 5.65. The number of hydrogen-bond acceptors (Lipinski definition) is 5. The summed E-state index contributed by atoms with van der Waals surface area (Å²) in [7, 11) is -3.93. The topological polar surface area (TPSA) is 88.2 Å². The molecule has 0 aliphatic carbocycles. The van der Waals surface area contributed by atoms with Gasteiger partial charge in [-0.15, -0.1) is 11.3 Å². The van der Waals surface area contributed by atoms with Crippen molar-refractivity contribution in [2.75, 3.05) is 11.9 Å². The zero-order chi connectivity index (χ0) is 20.1. The van der Waals surface area contributed by atoms with Gasteiger partial charge in [0.25, 0.3) is 0 Å². The number of carbonyl (C=O) groups is 1. The summed E-state index contributed by atoms with van der Waals surface area (Å²) in [5.41, 5.74) is 1.71. The predicted octanol–water partition coefficient (Wildman–Crippen LogP) is 4.42. The van der Waals surface area contributed by atoms with Crippen LogP contribution in [-0.4, -0.2) is 25.9 Å². The highest BCUT2D eigenvalue weighted by Crippen LogP contribution is 2.28. The molecule has 10 heteroatoms. The largest absolute Gasteiger partial charge is 0.302 e. The zero-order valence-corrected chi connectivity index (χ0v) is 17.5. The molecule has 0 radical (unpaired) electrons. The van der Waals surface area contributed by atoms with Gasteiger partial charge in [-0.2, -0.15) is 0 Å². The number of anilines is 1. The molecule has 0 aliphatic heterocycles. The molecule has 0 saturated heterocycles. The Morgan fingerprint density at radius 3 is 2.39 bits per heavy atom. The minimum Gasteiger partial charge on any atom is -0.302 e. The summed E-state index contributed by atoms with van der Waals surface area (Å²) >= 11 is 13.1. The fourth-order valence-electron chi connectivity index (χ4n) is 2.36. The third-order valence-electron chi connectivity index (χ3n) is 3.65. The van der Waals surface area contributed by atoms with Crippen molar-refractivity contribution in [1.82, 2.24) is 9.71 Å². The van der Waals surface area contributed by atoms with E-state index in [0.29, 0.717) is 5.13 Å². The van der Waals surface area contributed by atoms with E-state index in [-0.39, 0.29) is 33.8 Å². The number of carbonyl (C=O) groups excluding carboxylic acids is 1. The molecule has 1 aromatic heterocycles. The quantitative estimate of drug-likeness (QED) is 0.551. The highest BCUT2D eigenvalue weighted by atomic mass is 35.5. The van der Waals surface area contributed by atoms with Crippen molar-refractivity contribution in [1.29, 1.82) is 0 Å². The van der Waals surface area contributed by atoms with Gasteiger partial charge in [0.15, 0.2) is 5.13 Å². The molecule has 0 spiro atoms. The average Bonchev–Trinajstić information content (AvgIpc) is 3.10. The Morgan fingerprint density at radius 2 is 1.71 bits per heavy atom. The van der Waals surface area contributed by atoms with Gasteiger partial charge in [-0.1, -0.05) is 59.6 Å². The summed E-state index contributed by atoms with van der Waals surface area (Å²) in [6, 6.07) is 14.0. The van der Waals surface area contributed by atoms with Gasteiger partial charge in [-0.3, -0.25) is 4.79 Å². The van der Waals surface area contributed by atoms with Crippen LogP contribution in [0.2, 0.25) is 10.0 Å². The lowest BCUT2D eigenvalue weighted by Gasteiger charge is -2.09. The third-order valence-corrected chi connectivity index (χ3v) is 6.83. The van der Waals surface area contributed by atoms with Crippen LogP contribution < -0.4 is 10.0 Å². The standard InChI is InChI=1S/C18H15Cl2N3O3S2/c19-13-7-4-8-14(20)17(13)28(25,26)21-10-9-16(24)23-18-22-15(11-27-18)12-5-2-1-3-6-12/h1-8,11,21H,9-10H2,(H,22,23,24). The number of rotatable bonds is 7. The Morgan fingerprint density at radius 1 is 1.04 bits per heavy atom. The molecule has 146 valence electrons. The van der Waals surface area contributed by atoms with Crippen molar-refractivity contribution < 1.29 is 13.2 Å². The van der Waals surface area contributed by atoms with Crippen molar-refractivity contribution in [3.63, 3.8) is 0 Å². The first-order valence-electron chi connectivity index (χ1n) is 8.11. The molecule has 1 heterocycles. The SMILES string of the molecule is O=C(CCNS(=O)(=O)c1c(Cl)cccc1Cl)Nc1nc(-c2ccccc2)cs1. The summed E-state index contributed by atoms with van der Waals surface area (Å²) in [4.78, 5) is 16.2. The van der Waals surface area contributed by atoms with E-state index in [1.807, 2.05) is 35.7 Å². The fourth-order valence-corrected chi connectivity index (χ4v) is 5.27. The second-order valence-corrected chi connectivity index (χ2v) is 9.03. The zero-order valence-electron chi connectivity index (χ0n) is 14.4. The molecule has 0 unspecified atom stereocenters. The van der Waals surface area contributed by atoms with Gasteiger partial charge in [0, 0.05) is 23.9 Å². The monoisotopic (exact) mass is 455 g/mol. The van der Waals surface area contributed by atoms with Crippen LogP contribution in [0, 0.1) is 0 Å². The maximum atomic E-state index is 12.4. The lowest BCUT2D eigenvalue weighted by Crippen LogP contribution is -2.28. The normalized spacial score (nSPS) is 11.4. The molecule has 2 N–H and O–H groups in total. The molecular weight excluding hydrogens is 441 g/mol. The highest BCUT2D eigenvalue weighted by Gasteiger charge is 2.21. The van der Waals surface area contributed by atoms with E-state index in [1.54, 1.807) is 6.07 Å². The summed E-state index contributed by atoms with van der Waals surface area (Å²) < 4.78 is 27.0. The average molecular weight is 456 g/mol. The van der Waals surface area contributed by atoms with Gasteiger partial charge in [0.05, 0.1) is 15.7 Å². The molecule has 3 aromatic rings. The van der Waals surface area contributed by atoms with Crippen molar-refractivity contribution >= 4 is 55.6 Å². The van der Waals surface area contributed by atoms with Crippen molar-refractivity contribution in [3.8, 4) is 11.3 Å².